The number of hydrogen-bond acceptors (Lipinski definition) is 3. The summed E-state index contributed by atoms with van der Waals surface area (Å²) in [5, 5.41) is 2.57. The summed E-state index contributed by atoms with van der Waals surface area (Å²) in [6.45, 7) is 4.34. The zero-order valence-corrected chi connectivity index (χ0v) is 9.69. The molecule has 1 rings (SSSR count). The van der Waals surface area contributed by atoms with Crippen LogP contribution < -0.4 is 15.8 Å². The van der Waals surface area contributed by atoms with Crippen molar-refractivity contribution in [3.63, 3.8) is 0 Å². The van der Waals surface area contributed by atoms with Crippen molar-refractivity contribution in [3.8, 4) is 5.75 Å². The molecule has 0 aliphatic carbocycles. The molecule has 0 saturated carbocycles. The number of benzene rings is 1. The lowest BCUT2D eigenvalue weighted by molar-refractivity contribution is 0.201. The summed E-state index contributed by atoms with van der Waals surface area (Å²) < 4.78 is 5.09. The number of carbonyl (C=O) groups excluding carboxylic acids is 1. The molecule has 0 aliphatic heterocycles. The van der Waals surface area contributed by atoms with Crippen LogP contribution in [-0.4, -0.2) is 18.7 Å². The van der Waals surface area contributed by atoms with E-state index in [1.807, 2.05) is 32.0 Å². The normalized spacial score (nSPS) is 11.9. The lowest BCUT2D eigenvalue weighted by Gasteiger charge is -2.08. The number of rotatable bonds is 4. The Labute approximate surface area is 95.8 Å². The topological polar surface area (TPSA) is 64.3 Å². The maximum atomic E-state index is 11.2. The van der Waals surface area contributed by atoms with Crippen molar-refractivity contribution in [3.05, 3.63) is 29.8 Å². The summed E-state index contributed by atoms with van der Waals surface area (Å²) in [5.74, 6) is 0.545. The van der Waals surface area contributed by atoms with Crippen molar-refractivity contribution in [2.24, 2.45) is 5.73 Å². The van der Waals surface area contributed by atoms with Gasteiger partial charge in [-0.3, -0.25) is 0 Å². The van der Waals surface area contributed by atoms with Crippen LogP contribution in [0.1, 0.15) is 19.4 Å². The predicted octanol–water partition coefficient (Wildman–Crippen LogP) is 1.68. The highest BCUT2D eigenvalue weighted by molar-refractivity contribution is 5.70. The Morgan fingerprint density at radius 2 is 2.31 bits per heavy atom. The third kappa shape index (κ3) is 4.31. The average molecular weight is 222 g/mol. The van der Waals surface area contributed by atoms with Crippen LogP contribution in [0.25, 0.3) is 0 Å². The Morgan fingerprint density at radius 1 is 1.56 bits per heavy atom. The molecule has 0 aliphatic rings. The van der Waals surface area contributed by atoms with Crippen LogP contribution in [0.3, 0.4) is 0 Å². The summed E-state index contributed by atoms with van der Waals surface area (Å²) in [5.41, 5.74) is 6.77. The molecule has 0 radical (unpaired) electrons. The molecule has 1 atom stereocenters. The molecule has 0 bridgehead atoms. The molecule has 1 amide bonds. The highest BCUT2D eigenvalue weighted by Gasteiger charge is 2.04. The maximum absolute atomic E-state index is 11.2. The van der Waals surface area contributed by atoms with Gasteiger partial charge in [0.25, 0.3) is 0 Å². The van der Waals surface area contributed by atoms with E-state index in [1.54, 1.807) is 6.07 Å². The zero-order chi connectivity index (χ0) is 12.0. The summed E-state index contributed by atoms with van der Waals surface area (Å²) in [6, 6.07) is 7.50. The SMILES string of the molecule is CCNC(=O)Oc1cccc(C[C@H](C)N)c1. The first kappa shape index (κ1) is 12.5. The molecule has 4 nitrogen and oxygen atoms in total. The largest absolute Gasteiger partial charge is 0.412 e. The molecule has 0 aromatic heterocycles. The smallest absolute Gasteiger partial charge is 0.410 e. The fourth-order valence-electron chi connectivity index (χ4n) is 1.40. The lowest BCUT2D eigenvalue weighted by Crippen LogP contribution is -2.26. The van der Waals surface area contributed by atoms with Gasteiger partial charge in [-0.05, 0) is 38.0 Å². The monoisotopic (exact) mass is 222 g/mol. The Bertz CT molecular complexity index is 351. The van der Waals surface area contributed by atoms with Crippen LogP contribution in [0.15, 0.2) is 24.3 Å². The van der Waals surface area contributed by atoms with E-state index in [4.69, 9.17) is 10.5 Å². The van der Waals surface area contributed by atoms with E-state index in [0.717, 1.165) is 12.0 Å². The van der Waals surface area contributed by atoms with Crippen molar-refractivity contribution >= 4 is 6.09 Å². The minimum Gasteiger partial charge on any atom is -0.410 e. The van der Waals surface area contributed by atoms with Crippen LogP contribution >= 0.6 is 0 Å². The summed E-state index contributed by atoms with van der Waals surface area (Å²) in [6.07, 6.45) is 0.340. The van der Waals surface area contributed by atoms with E-state index in [-0.39, 0.29) is 6.04 Å². The molecule has 0 heterocycles. The molecule has 1 aromatic carbocycles. The fourth-order valence-corrected chi connectivity index (χ4v) is 1.40. The van der Waals surface area contributed by atoms with Gasteiger partial charge in [0.05, 0.1) is 0 Å². The number of nitrogens with two attached hydrogens (primary N) is 1. The zero-order valence-electron chi connectivity index (χ0n) is 9.69. The number of nitrogens with one attached hydrogen (secondary N) is 1. The quantitative estimate of drug-likeness (QED) is 0.814. The molecule has 1 aromatic rings. The summed E-state index contributed by atoms with van der Waals surface area (Å²) in [4.78, 5) is 11.2. The molecule has 0 fully saturated rings. The van der Waals surface area contributed by atoms with E-state index in [9.17, 15) is 4.79 Å². The molecule has 4 heteroatoms. The van der Waals surface area contributed by atoms with Gasteiger partial charge in [0.1, 0.15) is 5.75 Å². The average Bonchev–Trinajstić information content (AvgIpc) is 2.17. The number of ether oxygens (including phenoxy) is 1. The molecular formula is C12H18N2O2. The molecule has 0 spiro atoms. The van der Waals surface area contributed by atoms with Gasteiger partial charge in [-0.25, -0.2) is 4.79 Å². The third-order valence-electron chi connectivity index (χ3n) is 1.99. The molecular weight excluding hydrogens is 204 g/mol. The van der Waals surface area contributed by atoms with Crippen molar-refractivity contribution in [2.75, 3.05) is 6.54 Å². The van der Waals surface area contributed by atoms with Crippen LogP contribution in [0.5, 0.6) is 5.75 Å². The Hall–Kier alpha value is -1.55. The van der Waals surface area contributed by atoms with Gasteiger partial charge >= 0.3 is 6.09 Å². The minimum absolute atomic E-state index is 0.0970. The van der Waals surface area contributed by atoms with Crippen LogP contribution in [-0.2, 0) is 6.42 Å². The van der Waals surface area contributed by atoms with Gasteiger partial charge < -0.3 is 15.8 Å². The van der Waals surface area contributed by atoms with E-state index >= 15 is 0 Å². The Balaban J connectivity index is 2.63. The lowest BCUT2D eigenvalue weighted by atomic mass is 10.1. The van der Waals surface area contributed by atoms with Gasteiger partial charge in [-0.1, -0.05) is 12.1 Å². The van der Waals surface area contributed by atoms with Crippen molar-refractivity contribution in [1.29, 1.82) is 0 Å². The van der Waals surface area contributed by atoms with Crippen molar-refractivity contribution < 1.29 is 9.53 Å². The van der Waals surface area contributed by atoms with E-state index < -0.39 is 6.09 Å². The van der Waals surface area contributed by atoms with Gasteiger partial charge in [0.15, 0.2) is 0 Å². The van der Waals surface area contributed by atoms with E-state index in [0.29, 0.717) is 12.3 Å². The fraction of sp³-hybridized carbons (Fsp3) is 0.417. The van der Waals surface area contributed by atoms with Crippen molar-refractivity contribution in [2.45, 2.75) is 26.3 Å². The second-order valence-electron chi connectivity index (χ2n) is 3.75. The number of hydrogen-bond donors (Lipinski definition) is 2. The molecule has 0 saturated heterocycles. The number of carbonyl (C=O) groups is 1. The van der Waals surface area contributed by atoms with Crippen LogP contribution in [0, 0.1) is 0 Å². The predicted molar refractivity (Wildman–Crippen MR) is 63.5 cm³/mol. The molecule has 3 N–H and O–H groups in total. The second kappa shape index (κ2) is 6.12. The van der Waals surface area contributed by atoms with Gasteiger partial charge in [0, 0.05) is 12.6 Å². The second-order valence-corrected chi connectivity index (χ2v) is 3.75. The Kier molecular flexibility index (Phi) is 4.79. The summed E-state index contributed by atoms with van der Waals surface area (Å²) in [7, 11) is 0. The van der Waals surface area contributed by atoms with Gasteiger partial charge in [-0.2, -0.15) is 0 Å². The first-order valence-corrected chi connectivity index (χ1v) is 5.42. The first-order valence-electron chi connectivity index (χ1n) is 5.42. The highest BCUT2D eigenvalue weighted by Crippen LogP contribution is 2.14. The van der Waals surface area contributed by atoms with E-state index in [2.05, 4.69) is 5.32 Å². The van der Waals surface area contributed by atoms with Crippen molar-refractivity contribution in [1.82, 2.24) is 5.32 Å². The van der Waals surface area contributed by atoms with Gasteiger partial charge in [0.2, 0.25) is 0 Å². The first-order chi connectivity index (χ1) is 7.61. The molecule has 88 valence electrons. The molecule has 0 unspecified atom stereocenters. The number of amides is 1. The van der Waals surface area contributed by atoms with E-state index in [1.165, 1.54) is 0 Å². The van der Waals surface area contributed by atoms with Gasteiger partial charge in [-0.15, -0.1) is 0 Å². The minimum atomic E-state index is -0.430. The summed E-state index contributed by atoms with van der Waals surface area (Å²) >= 11 is 0. The highest BCUT2D eigenvalue weighted by atomic mass is 16.5. The van der Waals surface area contributed by atoms with Crippen LogP contribution in [0.2, 0.25) is 0 Å². The standard InChI is InChI=1S/C12H18N2O2/c1-3-14-12(15)16-11-6-4-5-10(8-11)7-9(2)13/h4-6,8-9H,3,7,13H2,1-2H3,(H,14,15)/t9-/m0/s1. The maximum Gasteiger partial charge on any atom is 0.412 e. The Morgan fingerprint density at radius 3 is 2.94 bits per heavy atom. The molecule has 16 heavy (non-hydrogen) atoms. The third-order valence-corrected chi connectivity index (χ3v) is 1.99. The van der Waals surface area contributed by atoms with Crippen LogP contribution in [0.4, 0.5) is 4.79 Å².